The third kappa shape index (κ3) is 3.87. The quantitative estimate of drug-likeness (QED) is 0.482. The summed E-state index contributed by atoms with van der Waals surface area (Å²) in [7, 11) is 3.84. The van der Waals surface area contributed by atoms with Crippen molar-refractivity contribution < 1.29 is 9.18 Å². The molecule has 0 aliphatic rings. The van der Waals surface area contributed by atoms with Gasteiger partial charge in [-0.2, -0.15) is 9.97 Å². The van der Waals surface area contributed by atoms with Crippen LogP contribution in [0.2, 0.25) is 0 Å². The van der Waals surface area contributed by atoms with Crippen molar-refractivity contribution in [2.75, 3.05) is 24.3 Å². The standard InChI is InChI=1S/C24H25FN6O/c1-14-11-19-18(21(26)32)9-6-10-20(19)31(14)24-28-22(15(2)23(29-24)30(3)4)27-13-16-7-5-8-17(25)12-16/h5-12H,13H2,1-4H3,(H2,26,32)(H,27,28,29). The van der Waals surface area contributed by atoms with Gasteiger partial charge in [-0.05, 0) is 49.7 Å². The molecular formula is C24H25FN6O. The van der Waals surface area contributed by atoms with Gasteiger partial charge in [-0.25, -0.2) is 4.39 Å². The zero-order valence-electron chi connectivity index (χ0n) is 18.5. The number of nitrogens with one attached hydrogen (secondary N) is 1. The van der Waals surface area contributed by atoms with Gasteiger partial charge >= 0.3 is 0 Å². The average molecular weight is 433 g/mol. The van der Waals surface area contributed by atoms with Gasteiger partial charge in [0.1, 0.15) is 17.5 Å². The maximum atomic E-state index is 13.6. The predicted molar refractivity (Wildman–Crippen MR) is 125 cm³/mol. The van der Waals surface area contributed by atoms with Gasteiger partial charge in [-0.3, -0.25) is 9.36 Å². The zero-order valence-corrected chi connectivity index (χ0v) is 18.5. The largest absolute Gasteiger partial charge is 0.366 e. The summed E-state index contributed by atoms with van der Waals surface area (Å²) < 4.78 is 15.5. The number of aromatic nitrogens is 3. The first-order valence-corrected chi connectivity index (χ1v) is 10.2. The molecule has 2 aromatic carbocycles. The van der Waals surface area contributed by atoms with Gasteiger partial charge in [0, 0.05) is 42.8 Å². The number of aryl methyl sites for hydroxylation is 1. The summed E-state index contributed by atoms with van der Waals surface area (Å²) >= 11 is 0. The molecular weight excluding hydrogens is 407 g/mol. The van der Waals surface area contributed by atoms with Crippen molar-refractivity contribution >= 4 is 28.4 Å². The fourth-order valence-electron chi connectivity index (χ4n) is 3.88. The van der Waals surface area contributed by atoms with E-state index in [1.54, 1.807) is 18.2 Å². The monoisotopic (exact) mass is 432 g/mol. The van der Waals surface area contributed by atoms with Crippen molar-refractivity contribution in [3.05, 3.63) is 76.7 Å². The molecule has 0 atom stereocenters. The minimum absolute atomic E-state index is 0.280. The van der Waals surface area contributed by atoms with Crippen LogP contribution in [-0.2, 0) is 6.54 Å². The Morgan fingerprint density at radius 2 is 1.88 bits per heavy atom. The Balaban J connectivity index is 1.84. The number of benzene rings is 2. The number of nitrogens with zero attached hydrogens (tertiary/aromatic N) is 4. The molecule has 3 N–H and O–H groups in total. The second-order valence-corrected chi connectivity index (χ2v) is 7.92. The average Bonchev–Trinajstić information content (AvgIpc) is 3.08. The highest BCUT2D eigenvalue weighted by molar-refractivity contribution is 6.06. The lowest BCUT2D eigenvalue weighted by Crippen LogP contribution is -2.17. The number of anilines is 2. The zero-order chi connectivity index (χ0) is 23.0. The van der Waals surface area contributed by atoms with Gasteiger partial charge in [-0.1, -0.05) is 18.2 Å². The smallest absolute Gasteiger partial charge is 0.249 e. The summed E-state index contributed by atoms with van der Waals surface area (Å²) in [6.07, 6.45) is 0. The molecule has 4 rings (SSSR count). The normalized spacial score (nSPS) is 11.0. The van der Waals surface area contributed by atoms with E-state index in [4.69, 9.17) is 15.7 Å². The fourth-order valence-corrected chi connectivity index (χ4v) is 3.88. The SMILES string of the molecule is Cc1c(NCc2cccc(F)c2)nc(-n2c(C)cc3c(C(N)=O)cccc32)nc1N(C)C. The molecule has 0 unspecified atom stereocenters. The van der Waals surface area contributed by atoms with Crippen LogP contribution in [0.25, 0.3) is 16.9 Å². The number of nitrogens with two attached hydrogens (primary N) is 1. The Bertz CT molecular complexity index is 1330. The molecule has 0 radical (unpaired) electrons. The maximum Gasteiger partial charge on any atom is 0.249 e. The van der Waals surface area contributed by atoms with Crippen LogP contribution >= 0.6 is 0 Å². The summed E-state index contributed by atoms with van der Waals surface area (Å²) in [6.45, 7) is 4.29. The van der Waals surface area contributed by atoms with E-state index >= 15 is 0 Å². The first kappa shape index (κ1) is 21.3. The highest BCUT2D eigenvalue weighted by atomic mass is 19.1. The molecule has 7 nitrogen and oxygen atoms in total. The van der Waals surface area contributed by atoms with E-state index in [9.17, 15) is 9.18 Å². The third-order valence-electron chi connectivity index (χ3n) is 5.38. The molecule has 1 amide bonds. The fraction of sp³-hybridized carbons (Fsp3) is 0.208. The number of amides is 1. The first-order valence-electron chi connectivity index (χ1n) is 10.2. The molecule has 0 bridgehead atoms. The van der Waals surface area contributed by atoms with Gasteiger partial charge in [-0.15, -0.1) is 0 Å². The number of halogens is 1. The van der Waals surface area contributed by atoms with E-state index in [2.05, 4.69) is 5.32 Å². The number of carbonyl (C=O) groups excluding carboxylic acids is 1. The lowest BCUT2D eigenvalue weighted by molar-refractivity contribution is 0.100. The molecule has 0 saturated carbocycles. The molecule has 0 aliphatic heterocycles. The van der Waals surface area contributed by atoms with Crippen LogP contribution < -0.4 is 16.0 Å². The molecule has 0 spiro atoms. The molecule has 0 saturated heterocycles. The summed E-state index contributed by atoms with van der Waals surface area (Å²) in [5, 5.41) is 4.07. The Labute approximate surface area is 185 Å². The van der Waals surface area contributed by atoms with E-state index in [1.165, 1.54) is 12.1 Å². The Kier molecular flexibility index (Phi) is 5.52. The molecule has 2 heterocycles. The molecule has 0 aliphatic carbocycles. The molecule has 0 fully saturated rings. The second-order valence-electron chi connectivity index (χ2n) is 7.92. The van der Waals surface area contributed by atoms with Gasteiger partial charge < -0.3 is 16.0 Å². The van der Waals surface area contributed by atoms with Crippen LogP contribution in [0.1, 0.15) is 27.2 Å². The summed E-state index contributed by atoms with van der Waals surface area (Å²) in [4.78, 5) is 23.4. The lowest BCUT2D eigenvalue weighted by atomic mass is 10.1. The summed E-state index contributed by atoms with van der Waals surface area (Å²) in [5.74, 6) is 1.11. The molecule has 164 valence electrons. The van der Waals surface area contributed by atoms with Crippen LogP contribution in [0.15, 0.2) is 48.5 Å². The minimum Gasteiger partial charge on any atom is -0.366 e. The van der Waals surface area contributed by atoms with Gasteiger partial charge in [0.05, 0.1) is 5.52 Å². The van der Waals surface area contributed by atoms with Gasteiger partial charge in [0.2, 0.25) is 11.9 Å². The Hall–Kier alpha value is -3.94. The summed E-state index contributed by atoms with van der Waals surface area (Å²) in [6, 6.07) is 13.8. The summed E-state index contributed by atoms with van der Waals surface area (Å²) in [5.41, 5.74) is 9.38. The topological polar surface area (TPSA) is 89.1 Å². The van der Waals surface area contributed by atoms with Gasteiger partial charge in [0.15, 0.2) is 0 Å². The van der Waals surface area contributed by atoms with E-state index in [0.29, 0.717) is 23.9 Å². The number of hydrogen-bond donors (Lipinski definition) is 2. The van der Waals surface area contributed by atoms with Crippen LogP contribution in [0, 0.1) is 19.7 Å². The second kappa shape index (κ2) is 8.30. The lowest BCUT2D eigenvalue weighted by Gasteiger charge is -2.20. The van der Waals surface area contributed by atoms with Crippen LogP contribution in [-0.4, -0.2) is 34.5 Å². The number of fused-ring (bicyclic) bond motifs is 1. The van der Waals surface area contributed by atoms with E-state index in [0.717, 1.165) is 33.5 Å². The first-order chi connectivity index (χ1) is 15.3. The van der Waals surface area contributed by atoms with Gasteiger partial charge in [0.25, 0.3) is 0 Å². The van der Waals surface area contributed by atoms with Crippen molar-refractivity contribution in [2.45, 2.75) is 20.4 Å². The van der Waals surface area contributed by atoms with E-state index < -0.39 is 5.91 Å². The third-order valence-corrected chi connectivity index (χ3v) is 5.38. The van der Waals surface area contributed by atoms with Crippen LogP contribution in [0.3, 0.4) is 0 Å². The van der Waals surface area contributed by atoms with E-state index in [1.807, 2.05) is 55.6 Å². The molecule has 4 aromatic rings. The van der Waals surface area contributed by atoms with Crippen LogP contribution in [0.5, 0.6) is 0 Å². The number of primary amides is 1. The number of rotatable bonds is 6. The number of hydrogen-bond acceptors (Lipinski definition) is 5. The van der Waals surface area contributed by atoms with Crippen molar-refractivity contribution in [3.63, 3.8) is 0 Å². The van der Waals surface area contributed by atoms with Crippen molar-refractivity contribution in [1.82, 2.24) is 14.5 Å². The number of carbonyl (C=O) groups is 1. The van der Waals surface area contributed by atoms with Crippen LogP contribution in [0.4, 0.5) is 16.0 Å². The van der Waals surface area contributed by atoms with Crippen molar-refractivity contribution in [3.8, 4) is 5.95 Å². The van der Waals surface area contributed by atoms with E-state index in [-0.39, 0.29) is 5.82 Å². The highest BCUT2D eigenvalue weighted by Gasteiger charge is 2.18. The molecule has 8 heteroatoms. The Morgan fingerprint density at radius 3 is 2.56 bits per heavy atom. The Morgan fingerprint density at radius 1 is 1.12 bits per heavy atom. The molecule has 32 heavy (non-hydrogen) atoms. The predicted octanol–water partition coefficient (Wildman–Crippen LogP) is 3.95. The highest BCUT2D eigenvalue weighted by Crippen LogP contribution is 2.29. The maximum absolute atomic E-state index is 13.6. The van der Waals surface area contributed by atoms with Crippen molar-refractivity contribution in [1.29, 1.82) is 0 Å². The molecule has 2 aromatic heterocycles. The minimum atomic E-state index is -0.482. The van der Waals surface area contributed by atoms with Crippen molar-refractivity contribution in [2.24, 2.45) is 5.73 Å².